The summed E-state index contributed by atoms with van der Waals surface area (Å²) in [4.78, 5) is 14.6. The minimum atomic E-state index is 0. The first kappa shape index (κ1) is 17.9. The van der Waals surface area contributed by atoms with Crippen molar-refractivity contribution >= 4 is 35.8 Å². The van der Waals surface area contributed by atoms with Gasteiger partial charge in [0.25, 0.3) is 0 Å². The SMILES string of the molecule is CC(C(=O)Nc1ccccc1Sc1ccccc1)C1CNC1.Cl. The van der Waals surface area contributed by atoms with Crippen LogP contribution >= 0.6 is 24.2 Å². The molecule has 1 unspecified atom stereocenters. The number of anilines is 1. The number of nitrogens with one attached hydrogen (secondary N) is 2. The average Bonchev–Trinajstić information content (AvgIpc) is 2.48. The van der Waals surface area contributed by atoms with Gasteiger partial charge in [0.05, 0.1) is 5.69 Å². The molecule has 0 saturated carbocycles. The molecule has 0 bridgehead atoms. The van der Waals surface area contributed by atoms with Crippen molar-refractivity contribution in [3.8, 4) is 0 Å². The minimum Gasteiger partial charge on any atom is -0.325 e. The fourth-order valence-electron chi connectivity index (χ4n) is 2.40. The minimum absolute atomic E-state index is 0. The third-order valence-electron chi connectivity index (χ3n) is 4.05. The molecule has 1 fully saturated rings. The number of carbonyl (C=O) groups excluding carboxylic acids is 1. The zero-order chi connectivity index (χ0) is 15.4. The summed E-state index contributed by atoms with van der Waals surface area (Å²) in [6.07, 6.45) is 0. The molecule has 3 nitrogen and oxygen atoms in total. The van der Waals surface area contributed by atoms with Gasteiger partial charge in [-0.1, -0.05) is 49.0 Å². The number of hydrogen-bond donors (Lipinski definition) is 2. The largest absolute Gasteiger partial charge is 0.325 e. The van der Waals surface area contributed by atoms with E-state index in [0.29, 0.717) is 5.92 Å². The lowest BCUT2D eigenvalue weighted by molar-refractivity contribution is -0.121. The number of amides is 1. The molecule has 1 saturated heterocycles. The predicted molar refractivity (Wildman–Crippen MR) is 98.4 cm³/mol. The lowest BCUT2D eigenvalue weighted by Gasteiger charge is -2.31. The summed E-state index contributed by atoms with van der Waals surface area (Å²) in [6.45, 7) is 3.89. The van der Waals surface area contributed by atoms with Crippen LogP contribution < -0.4 is 10.6 Å². The predicted octanol–water partition coefficient (Wildman–Crippen LogP) is 4.05. The summed E-state index contributed by atoms with van der Waals surface area (Å²) < 4.78 is 0. The highest BCUT2D eigenvalue weighted by atomic mass is 35.5. The van der Waals surface area contributed by atoms with Gasteiger partial charge in [-0.05, 0) is 43.3 Å². The Morgan fingerprint density at radius 1 is 1.13 bits per heavy atom. The number of carbonyl (C=O) groups is 1. The first-order valence-corrected chi connectivity index (χ1v) is 8.39. The molecular formula is C18H21ClN2OS. The Hall–Kier alpha value is -1.49. The van der Waals surface area contributed by atoms with Gasteiger partial charge < -0.3 is 10.6 Å². The first-order valence-electron chi connectivity index (χ1n) is 7.57. The average molecular weight is 349 g/mol. The molecule has 1 aliphatic heterocycles. The molecule has 0 spiro atoms. The molecule has 1 atom stereocenters. The van der Waals surface area contributed by atoms with E-state index in [1.807, 2.05) is 49.4 Å². The number of hydrogen-bond acceptors (Lipinski definition) is 3. The van der Waals surface area contributed by atoms with Gasteiger partial charge in [-0.25, -0.2) is 0 Å². The maximum absolute atomic E-state index is 12.4. The molecule has 5 heteroatoms. The summed E-state index contributed by atoms with van der Waals surface area (Å²) >= 11 is 1.67. The van der Waals surface area contributed by atoms with Crippen LogP contribution in [0.25, 0.3) is 0 Å². The summed E-state index contributed by atoms with van der Waals surface area (Å²) in [7, 11) is 0. The van der Waals surface area contributed by atoms with Gasteiger partial charge in [0, 0.05) is 15.7 Å². The van der Waals surface area contributed by atoms with Crippen molar-refractivity contribution in [1.82, 2.24) is 5.32 Å². The second-order valence-electron chi connectivity index (χ2n) is 5.61. The van der Waals surface area contributed by atoms with Gasteiger partial charge in [0.15, 0.2) is 0 Å². The summed E-state index contributed by atoms with van der Waals surface area (Å²) in [5.74, 6) is 0.595. The first-order chi connectivity index (χ1) is 10.7. The zero-order valence-electron chi connectivity index (χ0n) is 13.0. The highest BCUT2D eigenvalue weighted by Gasteiger charge is 2.28. The zero-order valence-corrected chi connectivity index (χ0v) is 14.6. The lowest BCUT2D eigenvalue weighted by atomic mass is 9.88. The quantitative estimate of drug-likeness (QED) is 0.856. The second-order valence-corrected chi connectivity index (χ2v) is 6.72. The van der Waals surface area contributed by atoms with Crippen LogP contribution in [0.3, 0.4) is 0 Å². The number of rotatable bonds is 5. The maximum Gasteiger partial charge on any atom is 0.227 e. The fraction of sp³-hybridized carbons (Fsp3) is 0.278. The monoisotopic (exact) mass is 348 g/mol. The summed E-state index contributed by atoms with van der Waals surface area (Å²) in [6, 6.07) is 18.2. The van der Waals surface area contributed by atoms with Crippen LogP contribution in [0.4, 0.5) is 5.69 Å². The number of halogens is 1. The van der Waals surface area contributed by atoms with Crippen LogP contribution in [0.5, 0.6) is 0 Å². The molecule has 2 N–H and O–H groups in total. The standard InChI is InChI=1S/C18H20N2OS.ClH/c1-13(14-11-19-12-14)18(21)20-16-9-5-6-10-17(16)22-15-7-3-2-4-8-15;/h2-10,13-14,19H,11-12H2,1H3,(H,20,21);1H. The van der Waals surface area contributed by atoms with Gasteiger partial charge in [-0.15, -0.1) is 12.4 Å². The van der Waals surface area contributed by atoms with E-state index >= 15 is 0 Å². The van der Waals surface area contributed by atoms with Crippen molar-refractivity contribution in [1.29, 1.82) is 0 Å². The molecule has 2 aromatic carbocycles. The van der Waals surface area contributed by atoms with Crippen LogP contribution in [0.2, 0.25) is 0 Å². The van der Waals surface area contributed by atoms with Crippen molar-refractivity contribution < 1.29 is 4.79 Å². The Morgan fingerprint density at radius 3 is 2.43 bits per heavy atom. The van der Waals surface area contributed by atoms with Crippen molar-refractivity contribution in [2.24, 2.45) is 11.8 Å². The smallest absolute Gasteiger partial charge is 0.227 e. The number of para-hydroxylation sites is 1. The van der Waals surface area contributed by atoms with E-state index in [1.165, 1.54) is 4.90 Å². The van der Waals surface area contributed by atoms with E-state index in [4.69, 9.17) is 0 Å². The van der Waals surface area contributed by atoms with Gasteiger partial charge in [-0.3, -0.25) is 4.79 Å². The van der Waals surface area contributed by atoms with Crippen molar-refractivity contribution in [3.63, 3.8) is 0 Å². The second kappa shape index (κ2) is 8.39. The summed E-state index contributed by atoms with van der Waals surface area (Å²) in [5.41, 5.74) is 0.889. The molecule has 0 radical (unpaired) electrons. The molecule has 3 rings (SSSR count). The van der Waals surface area contributed by atoms with Gasteiger partial charge in [-0.2, -0.15) is 0 Å². The summed E-state index contributed by atoms with van der Waals surface area (Å²) in [5, 5.41) is 6.31. The van der Waals surface area contributed by atoms with Crippen LogP contribution in [-0.4, -0.2) is 19.0 Å². The topological polar surface area (TPSA) is 41.1 Å². The normalized spacial score (nSPS) is 15.2. The molecule has 1 amide bonds. The van der Waals surface area contributed by atoms with Crippen LogP contribution in [0.15, 0.2) is 64.4 Å². The Balaban J connectivity index is 0.00000192. The van der Waals surface area contributed by atoms with E-state index in [-0.39, 0.29) is 24.2 Å². The molecule has 1 aliphatic rings. The van der Waals surface area contributed by atoms with Gasteiger partial charge in [0.1, 0.15) is 0 Å². The van der Waals surface area contributed by atoms with E-state index in [9.17, 15) is 4.79 Å². The van der Waals surface area contributed by atoms with Crippen molar-refractivity contribution in [3.05, 3.63) is 54.6 Å². The van der Waals surface area contributed by atoms with Crippen LogP contribution in [-0.2, 0) is 4.79 Å². The van der Waals surface area contributed by atoms with E-state index in [0.717, 1.165) is 23.7 Å². The molecule has 122 valence electrons. The third-order valence-corrected chi connectivity index (χ3v) is 5.13. The van der Waals surface area contributed by atoms with Gasteiger partial charge >= 0.3 is 0 Å². The third kappa shape index (κ3) is 4.50. The van der Waals surface area contributed by atoms with Crippen LogP contribution in [0, 0.1) is 11.8 Å². The maximum atomic E-state index is 12.4. The molecular weight excluding hydrogens is 328 g/mol. The molecule has 23 heavy (non-hydrogen) atoms. The number of benzene rings is 2. The lowest BCUT2D eigenvalue weighted by Crippen LogP contribution is -2.48. The Kier molecular flexibility index (Phi) is 6.51. The van der Waals surface area contributed by atoms with E-state index in [1.54, 1.807) is 11.8 Å². The molecule has 0 aromatic heterocycles. The highest BCUT2D eigenvalue weighted by Crippen LogP contribution is 2.33. The molecule has 1 heterocycles. The van der Waals surface area contributed by atoms with Gasteiger partial charge in [0.2, 0.25) is 5.91 Å². The van der Waals surface area contributed by atoms with E-state index < -0.39 is 0 Å². The molecule has 0 aliphatic carbocycles. The van der Waals surface area contributed by atoms with Crippen molar-refractivity contribution in [2.75, 3.05) is 18.4 Å². The van der Waals surface area contributed by atoms with E-state index in [2.05, 4.69) is 22.8 Å². The van der Waals surface area contributed by atoms with Crippen LogP contribution in [0.1, 0.15) is 6.92 Å². The molecule has 2 aromatic rings. The van der Waals surface area contributed by atoms with Crippen molar-refractivity contribution in [2.45, 2.75) is 16.7 Å². The fourth-order valence-corrected chi connectivity index (χ4v) is 3.32. The Bertz CT molecular complexity index is 646. The highest BCUT2D eigenvalue weighted by molar-refractivity contribution is 7.99. The Labute approximate surface area is 147 Å². The Morgan fingerprint density at radius 2 is 1.78 bits per heavy atom.